The lowest BCUT2D eigenvalue weighted by Crippen LogP contribution is -3.13. The Morgan fingerprint density at radius 2 is 1.74 bits per heavy atom. The van der Waals surface area contributed by atoms with Gasteiger partial charge in [0.2, 0.25) is 0 Å². The number of hydrogen-bond acceptors (Lipinski definition) is 1. The molecule has 2 aromatic carbocycles. The second-order valence-electron chi connectivity index (χ2n) is 5.83. The van der Waals surface area contributed by atoms with Crippen molar-refractivity contribution in [3.63, 3.8) is 0 Å². The summed E-state index contributed by atoms with van der Waals surface area (Å²) in [6, 6.07) is 15.5. The van der Waals surface area contributed by atoms with Gasteiger partial charge in [0.1, 0.15) is 6.54 Å². The third-order valence-electron chi connectivity index (χ3n) is 4.22. The number of benzene rings is 2. The fraction of sp³-hybridized carbons (Fsp3) is 0.278. The molecule has 120 valence electrons. The first-order chi connectivity index (χ1) is 11.1. The zero-order valence-electron chi connectivity index (χ0n) is 12.8. The van der Waals surface area contributed by atoms with Crippen LogP contribution in [0.25, 0.3) is 0 Å². The summed E-state index contributed by atoms with van der Waals surface area (Å²) in [5.74, 6) is -0.00886. The molecular formula is C18H19Cl2N2O+. The molecule has 2 aromatic rings. The van der Waals surface area contributed by atoms with Gasteiger partial charge in [0.15, 0.2) is 0 Å². The third kappa shape index (κ3) is 4.05. The molecule has 1 amide bonds. The van der Waals surface area contributed by atoms with Crippen molar-refractivity contribution in [2.45, 2.75) is 6.54 Å². The van der Waals surface area contributed by atoms with E-state index in [-0.39, 0.29) is 5.91 Å². The molecule has 0 atom stereocenters. The average molecular weight is 350 g/mol. The molecule has 1 aliphatic rings. The summed E-state index contributed by atoms with van der Waals surface area (Å²) in [4.78, 5) is 16.0. The van der Waals surface area contributed by atoms with E-state index in [0.29, 0.717) is 15.6 Å². The normalized spacial score (nSPS) is 15.7. The monoisotopic (exact) mass is 349 g/mol. The Morgan fingerprint density at radius 1 is 1.04 bits per heavy atom. The summed E-state index contributed by atoms with van der Waals surface area (Å²) < 4.78 is 0. The van der Waals surface area contributed by atoms with E-state index in [2.05, 4.69) is 24.3 Å². The Morgan fingerprint density at radius 3 is 2.39 bits per heavy atom. The zero-order chi connectivity index (χ0) is 16.2. The number of hydrogen-bond donors (Lipinski definition) is 1. The highest BCUT2D eigenvalue weighted by atomic mass is 35.5. The van der Waals surface area contributed by atoms with E-state index in [9.17, 15) is 4.79 Å². The van der Waals surface area contributed by atoms with Crippen molar-refractivity contribution < 1.29 is 9.69 Å². The lowest BCUT2D eigenvalue weighted by Gasteiger charge is -2.32. The van der Waals surface area contributed by atoms with E-state index in [0.717, 1.165) is 32.7 Å². The topological polar surface area (TPSA) is 24.8 Å². The van der Waals surface area contributed by atoms with Crippen molar-refractivity contribution in [3.05, 3.63) is 69.7 Å². The Hall–Kier alpha value is -1.55. The molecule has 0 aliphatic carbocycles. The number of halogens is 2. The maximum Gasteiger partial charge on any atom is 0.255 e. The Bertz CT molecular complexity index is 683. The lowest BCUT2D eigenvalue weighted by molar-refractivity contribution is -0.917. The van der Waals surface area contributed by atoms with Crippen LogP contribution < -0.4 is 4.90 Å². The maximum absolute atomic E-state index is 12.6. The second-order valence-corrected chi connectivity index (χ2v) is 6.67. The molecule has 1 N–H and O–H groups in total. The number of nitrogens with one attached hydrogen (secondary N) is 1. The average Bonchev–Trinajstić information content (AvgIpc) is 2.56. The van der Waals surface area contributed by atoms with Gasteiger partial charge in [-0.25, -0.2) is 0 Å². The number of carbonyl (C=O) groups excluding carboxylic acids is 1. The van der Waals surface area contributed by atoms with Gasteiger partial charge >= 0.3 is 0 Å². The van der Waals surface area contributed by atoms with E-state index in [4.69, 9.17) is 23.2 Å². The first-order valence-corrected chi connectivity index (χ1v) is 8.51. The highest BCUT2D eigenvalue weighted by Crippen LogP contribution is 2.22. The number of rotatable bonds is 3. The van der Waals surface area contributed by atoms with Crippen LogP contribution in [0.2, 0.25) is 10.0 Å². The Balaban J connectivity index is 1.59. The van der Waals surface area contributed by atoms with E-state index in [1.165, 1.54) is 10.5 Å². The van der Waals surface area contributed by atoms with E-state index < -0.39 is 0 Å². The summed E-state index contributed by atoms with van der Waals surface area (Å²) in [6.07, 6.45) is 0. The molecule has 1 aliphatic heterocycles. The van der Waals surface area contributed by atoms with Crippen LogP contribution in [0.3, 0.4) is 0 Å². The summed E-state index contributed by atoms with van der Waals surface area (Å²) in [5, 5.41) is 0.963. The number of piperazine rings is 1. The molecule has 23 heavy (non-hydrogen) atoms. The fourth-order valence-electron chi connectivity index (χ4n) is 2.92. The summed E-state index contributed by atoms with van der Waals surface area (Å²) in [7, 11) is 0. The summed E-state index contributed by atoms with van der Waals surface area (Å²) in [6.45, 7) is 4.40. The first-order valence-electron chi connectivity index (χ1n) is 7.75. The molecular weight excluding hydrogens is 331 g/mol. The molecule has 0 spiro atoms. The minimum atomic E-state index is -0.00886. The summed E-state index contributed by atoms with van der Waals surface area (Å²) >= 11 is 12.0. The Kier molecular flexibility index (Phi) is 5.21. The van der Waals surface area contributed by atoms with Gasteiger partial charge in [-0.15, -0.1) is 0 Å². The minimum absolute atomic E-state index is 0.00886. The highest BCUT2D eigenvalue weighted by Gasteiger charge is 2.25. The number of carbonyl (C=O) groups is 1. The standard InChI is InChI=1S/C18H18Cl2N2O/c19-15-6-7-16(17(20)12-15)18(23)22-10-8-21(9-11-22)13-14-4-2-1-3-5-14/h1-7,12H,8-11,13H2/p+1. The van der Waals surface area contributed by atoms with Gasteiger partial charge in [-0.3, -0.25) is 4.79 Å². The van der Waals surface area contributed by atoms with Gasteiger partial charge in [-0.2, -0.15) is 0 Å². The molecule has 1 fully saturated rings. The van der Waals surface area contributed by atoms with Gasteiger partial charge in [-0.05, 0) is 18.2 Å². The number of nitrogens with zero attached hydrogens (tertiary/aromatic N) is 1. The van der Waals surface area contributed by atoms with Crippen molar-refractivity contribution >= 4 is 29.1 Å². The first kappa shape index (κ1) is 16.3. The largest absolute Gasteiger partial charge is 0.328 e. The van der Waals surface area contributed by atoms with E-state index >= 15 is 0 Å². The van der Waals surface area contributed by atoms with Gasteiger partial charge in [0.25, 0.3) is 5.91 Å². The van der Waals surface area contributed by atoms with Gasteiger partial charge in [0.05, 0.1) is 36.8 Å². The molecule has 0 unspecified atom stereocenters. The third-order valence-corrected chi connectivity index (χ3v) is 4.76. The molecule has 3 rings (SSSR count). The Labute approximate surface area is 146 Å². The van der Waals surface area contributed by atoms with Crippen LogP contribution in [-0.4, -0.2) is 37.0 Å². The highest BCUT2D eigenvalue weighted by molar-refractivity contribution is 6.36. The molecule has 0 radical (unpaired) electrons. The maximum atomic E-state index is 12.6. The van der Waals surface area contributed by atoms with Crippen molar-refractivity contribution in [2.24, 2.45) is 0 Å². The van der Waals surface area contributed by atoms with Crippen molar-refractivity contribution in [1.82, 2.24) is 4.90 Å². The van der Waals surface area contributed by atoms with Gasteiger partial charge in [-0.1, -0.05) is 53.5 Å². The van der Waals surface area contributed by atoms with Crippen molar-refractivity contribution in [1.29, 1.82) is 0 Å². The molecule has 1 heterocycles. The van der Waals surface area contributed by atoms with Crippen LogP contribution in [0.4, 0.5) is 0 Å². The van der Waals surface area contributed by atoms with E-state index in [1.54, 1.807) is 18.2 Å². The number of quaternary nitrogens is 1. The van der Waals surface area contributed by atoms with Gasteiger partial charge < -0.3 is 9.80 Å². The minimum Gasteiger partial charge on any atom is -0.328 e. The van der Waals surface area contributed by atoms with Crippen LogP contribution in [0.15, 0.2) is 48.5 Å². The SMILES string of the molecule is O=C(c1ccc(Cl)cc1Cl)N1CC[NH+](Cc2ccccc2)CC1. The summed E-state index contributed by atoms with van der Waals surface area (Å²) in [5.41, 5.74) is 1.87. The smallest absolute Gasteiger partial charge is 0.255 e. The van der Waals surface area contributed by atoms with Crippen molar-refractivity contribution in [3.8, 4) is 0 Å². The predicted molar refractivity (Wildman–Crippen MR) is 93.2 cm³/mol. The van der Waals surface area contributed by atoms with E-state index in [1.807, 2.05) is 11.0 Å². The molecule has 1 saturated heterocycles. The van der Waals surface area contributed by atoms with Gasteiger partial charge in [0, 0.05) is 10.6 Å². The molecule has 5 heteroatoms. The molecule has 0 bridgehead atoms. The quantitative estimate of drug-likeness (QED) is 0.904. The molecule has 0 saturated carbocycles. The number of amides is 1. The lowest BCUT2D eigenvalue weighted by atomic mass is 10.1. The van der Waals surface area contributed by atoms with Crippen LogP contribution in [-0.2, 0) is 6.54 Å². The van der Waals surface area contributed by atoms with Crippen LogP contribution in [0.1, 0.15) is 15.9 Å². The van der Waals surface area contributed by atoms with Crippen molar-refractivity contribution in [2.75, 3.05) is 26.2 Å². The predicted octanol–water partition coefficient (Wildman–Crippen LogP) is 2.53. The molecule has 3 nitrogen and oxygen atoms in total. The fourth-order valence-corrected chi connectivity index (χ4v) is 3.41. The zero-order valence-corrected chi connectivity index (χ0v) is 14.3. The van der Waals surface area contributed by atoms with Crippen LogP contribution in [0, 0.1) is 0 Å². The second kappa shape index (κ2) is 7.35. The van der Waals surface area contributed by atoms with Crippen LogP contribution >= 0.6 is 23.2 Å². The molecule has 0 aromatic heterocycles. The van der Waals surface area contributed by atoms with Crippen LogP contribution in [0.5, 0.6) is 0 Å².